The van der Waals surface area contributed by atoms with Gasteiger partial charge in [0.15, 0.2) is 0 Å². The van der Waals surface area contributed by atoms with Crippen molar-refractivity contribution in [1.29, 1.82) is 0 Å². The van der Waals surface area contributed by atoms with Crippen molar-refractivity contribution in [2.45, 2.75) is 70.7 Å². The molecule has 3 atom stereocenters. The van der Waals surface area contributed by atoms with Gasteiger partial charge < -0.3 is 15.8 Å². The van der Waals surface area contributed by atoms with Crippen molar-refractivity contribution >= 4 is 5.91 Å². The maximum Gasteiger partial charge on any atom is 0.237 e. The Morgan fingerprint density at radius 3 is 2.70 bits per heavy atom. The van der Waals surface area contributed by atoms with Crippen molar-refractivity contribution in [2.24, 2.45) is 5.73 Å². The first-order chi connectivity index (χ1) is 9.34. The Morgan fingerprint density at radius 2 is 2.20 bits per heavy atom. The number of likely N-dealkylation sites (tertiary alicyclic amines) is 1. The molecule has 0 radical (unpaired) electrons. The highest BCUT2D eigenvalue weighted by atomic mass is 16.5. The number of nitrogens with one attached hydrogen (secondary N) is 1. The van der Waals surface area contributed by atoms with Crippen molar-refractivity contribution in [3.05, 3.63) is 0 Å². The van der Waals surface area contributed by atoms with E-state index >= 15 is 0 Å². The van der Waals surface area contributed by atoms with E-state index in [2.05, 4.69) is 31.0 Å². The smallest absolute Gasteiger partial charge is 0.237 e. The number of piperidine rings is 1. The summed E-state index contributed by atoms with van der Waals surface area (Å²) in [7, 11) is 1.74. The van der Waals surface area contributed by atoms with Crippen molar-refractivity contribution in [3.63, 3.8) is 0 Å². The summed E-state index contributed by atoms with van der Waals surface area (Å²) in [5.74, 6) is 0.0890. The SMILES string of the molecule is CCC(C)(C)NC(=O)C(C)N1CCC(OC)CC1CN. The predicted molar refractivity (Wildman–Crippen MR) is 81.6 cm³/mol. The normalized spacial score (nSPS) is 26.3. The van der Waals surface area contributed by atoms with Crippen molar-refractivity contribution in [3.8, 4) is 0 Å². The fourth-order valence-electron chi connectivity index (χ4n) is 2.66. The zero-order chi connectivity index (χ0) is 15.3. The number of nitrogens with two attached hydrogens (primary N) is 1. The largest absolute Gasteiger partial charge is 0.381 e. The van der Waals surface area contributed by atoms with Gasteiger partial charge in [-0.3, -0.25) is 9.69 Å². The molecular weight excluding hydrogens is 254 g/mol. The molecule has 1 aliphatic rings. The number of hydrogen-bond donors (Lipinski definition) is 2. The zero-order valence-electron chi connectivity index (χ0n) is 13.6. The van der Waals surface area contributed by atoms with Crippen LogP contribution in [0, 0.1) is 0 Å². The lowest BCUT2D eigenvalue weighted by atomic mass is 9.96. The first kappa shape index (κ1) is 17.4. The first-order valence-electron chi connectivity index (χ1n) is 7.65. The van der Waals surface area contributed by atoms with Crippen LogP contribution in [0.25, 0.3) is 0 Å². The van der Waals surface area contributed by atoms with Gasteiger partial charge >= 0.3 is 0 Å². The molecule has 0 aromatic carbocycles. The van der Waals surface area contributed by atoms with Gasteiger partial charge in [0.2, 0.25) is 5.91 Å². The number of amides is 1. The third-order valence-corrected chi connectivity index (χ3v) is 4.54. The van der Waals surface area contributed by atoms with Gasteiger partial charge in [0.05, 0.1) is 12.1 Å². The van der Waals surface area contributed by atoms with Gasteiger partial charge in [0.1, 0.15) is 0 Å². The van der Waals surface area contributed by atoms with Gasteiger partial charge in [0, 0.05) is 31.8 Å². The predicted octanol–water partition coefficient (Wildman–Crippen LogP) is 1.12. The molecule has 5 heteroatoms. The third-order valence-electron chi connectivity index (χ3n) is 4.54. The van der Waals surface area contributed by atoms with Crippen LogP contribution in [-0.4, -0.2) is 54.7 Å². The average Bonchev–Trinajstić information content (AvgIpc) is 2.45. The molecule has 0 aromatic rings. The molecular formula is C15H31N3O2. The van der Waals surface area contributed by atoms with E-state index in [1.54, 1.807) is 7.11 Å². The highest BCUT2D eigenvalue weighted by molar-refractivity contribution is 5.82. The lowest BCUT2D eigenvalue weighted by Crippen LogP contribution is -2.58. The van der Waals surface area contributed by atoms with Crippen LogP contribution in [0.5, 0.6) is 0 Å². The molecule has 3 N–H and O–H groups in total. The molecule has 1 rings (SSSR count). The summed E-state index contributed by atoms with van der Waals surface area (Å²) >= 11 is 0. The van der Waals surface area contributed by atoms with Crippen LogP contribution in [-0.2, 0) is 9.53 Å². The van der Waals surface area contributed by atoms with E-state index in [-0.39, 0.29) is 29.6 Å². The van der Waals surface area contributed by atoms with E-state index in [1.807, 2.05) is 6.92 Å². The maximum atomic E-state index is 12.4. The van der Waals surface area contributed by atoms with Crippen LogP contribution in [0.2, 0.25) is 0 Å². The van der Waals surface area contributed by atoms with Gasteiger partial charge in [-0.15, -0.1) is 0 Å². The topological polar surface area (TPSA) is 67.6 Å². The monoisotopic (exact) mass is 285 g/mol. The number of carbonyl (C=O) groups excluding carboxylic acids is 1. The maximum absolute atomic E-state index is 12.4. The molecule has 0 aliphatic carbocycles. The number of carbonyl (C=O) groups is 1. The molecule has 1 fully saturated rings. The van der Waals surface area contributed by atoms with Gasteiger partial charge in [-0.2, -0.15) is 0 Å². The Bertz CT molecular complexity index is 320. The van der Waals surface area contributed by atoms with Gasteiger partial charge in [-0.1, -0.05) is 6.92 Å². The Labute approximate surface area is 123 Å². The van der Waals surface area contributed by atoms with Crippen molar-refractivity contribution in [2.75, 3.05) is 20.2 Å². The third kappa shape index (κ3) is 4.43. The van der Waals surface area contributed by atoms with Crippen LogP contribution >= 0.6 is 0 Å². The number of hydrogen-bond acceptors (Lipinski definition) is 4. The summed E-state index contributed by atoms with van der Waals surface area (Å²) in [5, 5.41) is 3.12. The molecule has 1 saturated heterocycles. The number of methoxy groups -OCH3 is 1. The number of rotatable bonds is 6. The molecule has 0 spiro atoms. The molecule has 1 amide bonds. The first-order valence-corrected chi connectivity index (χ1v) is 7.65. The standard InChI is InChI=1S/C15H31N3O2/c1-6-15(3,4)17-14(19)11(2)18-8-7-13(20-5)9-12(18)10-16/h11-13H,6-10,16H2,1-5H3,(H,17,19). The van der Waals surface area contributed by atoms with E-state index in [4.69, 9.17) is 10.5 Å². The van der Waals surface area contributed by atoms with Crippen LogP contribution in [0.3, 0.4) is 0 Å². The molecule has 0 bridgehead atoms. The summed E-state index contributed by atoms with van der Waals surface area (Å²) in [5.41, 5.74) is 5.71. The average molecular weight is 285 g/mol. The summed E-state index contributed by atoms with van der Waals surface area (Å²) in [4.78, 5) is 14.6. The number of nitrogens with zero attached hydrogens (tertiary/aromatic N) is 1. The Morgan fingerprint density at radius 1 is 1.55 bits per heavy atom. The molecule has 0 saturated carbocycles. The van der Waals surface area contributed by atoms with E-state index < -0.39 is 0 Å². The summed E-state index contributed by atoms with van der Waals surface area (Å²) in [6, 6.07) is 0.0753. The highest BCUT2D eigenvalue weighted by Gasteiger charge is 2.34. The molecule has 3 unspecified atom stereocenters. The van der Waals surface area contributed by atoms with Crippen LogP contribution < -0.4 is 11.1 Å². The van der Waals surface area contributed by atoms with Crippen LogP contribution in [0.1, 0.15) is 47.0 Å². The second kappa shape index (κ2) is 7.38. The molecule has 20 heavy (non-hydrogen) atoms. The fraction of sp³-hybridized carbons (Fsp3) is 0.933. The second-order valence-electron chi connectivity index (χ2n) is 6.41. The summed E-state index contributed by atoms with van der Waals surface area (Å²) in [6.45, 7) is 9.58. The lowest BCUT2D eigenvalue weighted by molar-refractivity contribution is -0.130. The minimum absolute atomic E-state index is 0.0890. The van der Waals surface area contributed by atoms with Crippen LogP contribution in [0.4, 0.5) is 0 Å². The quantitative estimate of drug-likeness (QED) is 0.767. The summed E-state index contributed by atoms with van der Waals surface area (Å²) in [6.07, 6.45) is 3.04. The van der Waals surface area contributed by atoms with Gasteiger partial charge in [0.25, 0.3) is 0 Å². The number of ether oxygens (including phenoxy) is 1. The molecule has 5 nitrogen and oxygen atoms in total. The van der Waals surface area contributed by atoms with Gasteiger partial charge in [-0.05, 0) is 40.0 Å². The Hall–Kier alpha value is -0.650. The summed E-state index contributed by atoms with van der Waals surface area (Å²) < 4.78 is 5.43. The van der Waals surface area contributed by atoms with Crippen molar-refractivity contribution in [1.82, 2.24) is 10.2 Å². The molecule has 1 heterocycles. The van der Waals surface area contributed by atoms with E-state index in [0.717, 1.165) is 25.8 Å². The molecule has 1 aliphatic heterocycles. The Kier molecular flexibility index (Phi) is 6.43. The van der Waals surface area contributed by atoms with E-state index in [1.165, 1.54) is 0 Å². The van der Waals surface area contributed by atoms with Crippen molar-refractivity contribution < 1.29 is 9.53 Å². The lowest BCUT2D eigenvalue weighted by Gasteiger charge is -2.42. The van der Waals surface area contributed by atoms with E-state index in [9.17, 15) is 4.79 Å². The minimum atomic E-state index is -0.158. The molecule has 0 aromatic heterocycles. The minimum Gasteiger partial charge on any atom is -0.381 e. The highest BCUT2D eigenvalue weighted by Crippen LogP contribution is 2.22. The second-order valence-corrected chi connectivity index (χ2v) is 6.41. The van der Waals surface area contributed by atoms with Gasteiger partial charge in [-0.25, -0.2) is 0 Å². The Balaban J connectivity index is 2.65. The fourth-order valence-corrected chi connectivity index (χ4v) is 2.66. The van der Waals surface area contributed by atoms with E-state index in [0.29, 0.717) is 6.54 Å². The molecule has 118 valence electrons. The van der Waals surface area contributed by atoms with Crippen LogP contribution in [0.15, 0.2) is 0 Å². The zero-order valence-corrected chi connectivity index (χ0v) is 13.6.